The molecule has 0 aliphatic rings. The smallest absolute Gasteiger partial charge is 0.160 e. The molecular weight excluding hydrogens is 703 g/mol. The summed E-state index contributed by atoms with van der Waals surface area (Å²) in [6.07, 6.45) is 3.69. The number of hydrogen-bond acceptors (Lipinski definition) is 5. The fourth-order valence-corrected chi connectivity index (χ4v) is 9.09. The number of benzene rings is 7. The molecule has 4 nitrogen and oxygen atoms in total. The highest BCUT2D eigenvalue weighted by Crippen LogP contribution is 2.44. The number of aromatic nitrogens is 3. The van der Waals surface area contributed by atoms with E-state index in [2.05, 4.69) is 151 Å². The molecule has 0 aliphatic carbocycles. The minimum atomic E-state index is 0.677. The molecule has 0 radical (unpaired) electrons. The van der Waals surface area contributed by atoms with Gasteiger partial charge < -0.3 is 4.42 Å². The number of para-hydroxylation sites is 1. The normalized spacial score (nSPS) is 11.6. The van der Waals surface area contributed by atoms with Gasteiger partial charge in [-0.25, -0.2) is 9.97 Å². The SMILES string of the molecule is c1ccc(-c2nc(-c3ccc(-c4ccc(-c5ccc6c(c5)sc5ccccc56)c5c4oc4ccccc45)cc3)cc(-c3ccccc3-c3cccnc3)n2)cc1. The number of fused-ring (bicyclic) bond motifs is 6. The molecule has 0 bridgehead atoms. The summed E-state index contributed by atoms with van der Waals surface area (Å²) >= 11 is 1.84. The monoisotopic (exact) mass is 733 g/mol. The van der Waals surface area contributed by atoms with Gasteiger partial charge in [-0.3, -0.25) is 4.98 Å². The zero-order chi connectivity index (χ0) is 37.0. The van der Waals surface area contributed by atoms with E-state index in [1.54, 1.807) is 6.20 Å². The maximum Gasteiger partial charge on any atom is 0.160 e. The molecule has 0 N–H and O–H groups in total. The number of pyridine rings is 1. The summed E-state index contributed by atoms with van der Waals surface area (Å²) in [7, 11) is 0. The molecule has 11 aromatic rings. The van der Waals surface area contributed by atoms with Gasteiger partial charge in [-0.1, -0.05) is 140 Å². The fourth-order valence-electron chi connectivity index (χ4n) is 7.94. The summed E-state index contributed by atoms with van der Waals surface area (Å²) in [6, 6.07) is 61.6. The largest absolute Gasteiger partial charge is 0.455 e. The van der Waals surface area contributed by atoms with Gasteiger partial charge >= 0.3 is 0 Å². The number of hydrogen-bond donors (Lipinski definition) is 0. The molecule has 11 rings (SSSR count). The summed E-state index contributed by atoms with van der Waals surface area (Å²) in [5, 5.41) is 4.84. The van der Waals surface area contributed by atoms with Crippen molar-refractivity contribution in [3.63, 3.8) is 0 Å². The van der Waals surface area contributed by atoms with Crippen LogP contribution in [0.1, 0.15) is 0 Å². The third-order valence-electron chi connectivity index (χ3n) is 10.6. The molecule has 56 heavy (non-hydrogen) atoms. The molecule has 262 valence electrons. The summed E-state index contributed by atoms with van der Waals surface area (Å²) in [5.74, 6) is 0.677. The Kier molecular flexibility index (Phi) is 7.64. The Labute approximate surface area is 327 Å². The highest BCUT2D eigenvalue weighted by Gasteiger charge is 2.19. The third kappa shape index (κ3) is 5.48. The van der Waals surface area contributed by atoms with Gasteiger partial charge in [-0.15, -0.1) is 11.3 Å². The Balaban J connectivity index is 1.03. The fraction of sp³-hybridized carbons (Fsp3) is 0. The maximum atomic E-state index is 6.71. The molecule has 0 spiro atoms. The summed E-state index contributed by atoms with van der Waals surface area (Å²) in [4.78, 5) is 14.6. The van der Waals surface area contributed by atoms with Crippen molar-refractivity contribution in [2.45, 2.75) is 0 Å². The lowest BCUT2D eigenvalue weighted by Crippen LogP contribution is -1.97. The van der Waals surface area contributed by atoms with E-state index in [1.165, 1.54) is 25.7 Å². The predicted octanol–water partition coefficient (Wildman–Crippen LogP) is 14.1. The van der Waals surface area contributed by atoms with E-state index >= 15 is 0 Å². The van der Waals surface area contributed by atoms with Crippen molar-refractivity contribution in [3.8, 4) is 67.3 Å². The van der Waals surface area contributed by atoms with Crippen LogP contribution in [0.2, 0.25) is 0 Å². The lowest BCUT2D eigenvalue weighted by Gasteiger charge is -2.13. The zero-order valence-corrected chi connectivity index (χ0v) is 30.9. The topological polar surface area (TPSA) is 51.8 Å². The quantitative estimate of drug-likeness (QED) is 0.171. The van der Waals surface area contributed by atoms with Crippen molar-refractivity contribution in [2.24, 2.45) is 0 Å². The van der Waals surface area contributed by atoms with Gasteiger partial charge in [0.05, 0.1) is 11.4 Å². The first-order chi connectivity index (χ1) is 27.7. The first-order valence-corrected chi connectivity index (χ1v) is 19.5. The Hall–Kier alpha value is -7.21. The Morgan fingerprint density at radius 3 is 1.95 bits per heavy atom. The molecule has 4 aromatic heterocycles. The van der Waals surface area contributed by atoms with Crippen LogP contribution in [-0.4, -0.2) is 15.0 Å². The van der Waals surface area contributed by atoms with E-state index in [1.807, 2.05) is 47.9 Å². The van der Waals surface area contributed by atoms with Crippen molar-refractivity contribution in [2.75, 3.05) is 0 Å². The summed E-state index contributed by atoms with van der Waals surface area (Å²) < 4.78 is 9.30. The molecular formula is C51H31N3OS. The first-order valence-electron chi connectivity index (χ1n) is 18.7. The van der Waals surface area contributed by atoms with Crippen molar-refractivity contribution < 1.29 is 4.42 Å². The highest BCUT2D eigenvalue weighted by molar-refractivity contribution is 7.25. The van der Waals surface area contributed by atoms with Gasteiger partial charge in [0.1, 0.15) is 11.2 Å². The number of furan rings is 1. The molecule has 4 heterocycles. The van der Waals surface area contributed by atoms with Crippen molar-refractivity contribution in [1.82, 2.24) is 15.0 Å². The molecule has 7 aromatic carbocycles. The Morgan fingerprint density at radius 1 is 0.411 bits per heavy atom. The third-order valence-corrected chi connectivity index (χ3v) is 11.8. The van der Waals surface area contributed by atoms with Crippen LogP contribution in [0.25, 0.3) is 109 Å². The van der Waals surface area contributed by atoms with Crippen LogP contribution in [0.3, 0.4) is 0 Å². The number of rotatable bonds is 6. The van der Waals surface area contributed by atoms with Crippen LogP contribution in [0, 0.1) is 0 Å². The summed E-state index contributed by atoms with van der Waals surface area (Å²) in [6.45, 7) is 0. The van der Waals surface area contributed by atoms with Gasteiger partial charge in [0.2, 0.25) is 0 Å². The van der Waals surface area contributed by atoms with E-state index in [0.29, 0.717) is 5.82 Å². The second kappa shape index (κ2) is 13.3. The lowest BCUT2D eigenvalue weighted by molar-refractivity contribution is 0.670. The molecule has 0 amide bonds. The number of nitrogens with zero attached hydrogens (tertiary/aromatic N) is 3. The maximum absolute atomic E-state index is 6.71. The van der Waals surface area contributed by atoms with Gasteiger partial charge in [-0.05, 0) is 58.7 Å². The van der Waals surface area contributed by atoms with E-state index in [9.17, 15) is 0 Å². The van der Waals surface area contributed by atoms with E-state index in [4.69, 9.17) is 14.4 Å². The van der Waals surface area contributed by atoms with Crippen LogP contribution in [0.15, 0.2) is 193 Å². The minimum Gasteiger partial charge on any atom is -0.455 e. The molecule has 0 aliphatic heterocycles. The van der Waals surface area contributed by atoms with E-state index in [0.717, 1.165) is 77.8 Å². The lowest BCUT2D eigenvalue weighted by atomic mass is 9.93. The highest BCUT2D eigenvalue weighted by atomic mass is 32.1. The average Bonchev–Trinajstić information content (AvgIpc) is 3.85. The van der Waals surface area contributed by atoms with Crippen LogP contribution >= 0.6 is 11.3 Å². The summed E-state index contributed by atoms with van der Waals surface area (Å²) in [5.41, 5.74) is 13.0. The molecule has 0 saturated carbocycles. The first kappa shape index (κ1) is 32.2. The van der Waals surface area contributed by atoms with E-state index < -0.39 is 0 Å². The Morgan fingerprint density at radius 2 is 1.09 bits per heavy atom. The number of thiophene rings is 1. The molecule has 5 heteroatoms. The van der Waals surface area contributed by atoms with Crippen molar-refractivity contribution >= 4 is 53.4 Å². The van der Waals surface area contributed by atoms with Crippen LogP contribution < -0.4 is 0 Å². The van der Waals surface area contributed by atoms with Crippen molar-refractivity contribution in [1.29, 1.82) is 0 Å². The van der Waals surface area contributed by atoms with Crippen molar-refractivity contribution in [3.05, 3.63) is 188 Å². The Bertz CT molecular complexity index is 3240. The van der Waals surface area contributed by atoms with Crippen LogP contribution in [-0.2, 0) is 0 Å². The molecule has 0 saturated heterocycles. The zero-order valence-electron chi connectivity index (χ0n) is 30.1. The average molecular weight is 734 g/mol. The van der Waals surface area contributed by atoms with Gasteiger partial charge in [0.15, 0.2) is 5.82 Å². The minimum absolute atomic E-state index is 0.677. The molecule has 0 atom stereocenters. The molecule has 0 fully saturated rings. The molecule has 0 unspecified atom stereocenters. The second-order valence-electron chi connectivity index (χ2n) is 14.0. The second-order valence-corrected chi connectivity index (χ2v) is 15.0. The standard InChI is InChI=1S/C51H31N3OS/c1-2-11-34(12-3-1)51-53-44(30-45(54-51)40-15-5-4-14-37(40)36-13-10-28-52-31-36)33-22-20-32(21-23-33)39-27-26-38(49-43-17-6-8-18-46(43)55-50(39)49)35-24-25-42-41-16-7-9-19-47(41)56-48(42)29-35/h1-31H. The van der Waals surface area contributed by atoms with E-state index in [-0.39, 0.29) is 0 Å². The van der Waals surface area contributed by atoms with Crippen LogP contribution in [0.5, 0.6) is 0 Å². The van der Waals surface area contributed by atoms with Gasteiger partial charge in [0, 0.05) is 71.2 Å². The predicted molar refractivity (Wildman–Crippen MR) is 233 cm³/mol. The van der Waals surface area contributed by atoms with Gasteiger partial charge in [-0.2, -0.15) is 0 Å². The van der Waals surface area contributed by atoms with Gasteiger partial charge in [0.25, 0.3) is 0 Å². The van der Waals surface area contributed by atoms with Crippen LogP contribution in [0.4, 0.5) is 0 Å².